The third-order valence-corrected chi connectivity index (χ3v) is 7.80. The van der Waals surface area contributed by atoms with Crippen LogP contribution in [0.1, 0.15) is 84.3 Å². The summed E-state index contributed by atoms with van der Waals surface area (Å²) in [5, 5.41) is 2.82. The van der Waals surface area contributed by atoms with Crippen molar-refractivity contribution in [3.8, 4) is 11.5 Å². The van der Waals surface area contributed by atoms with Crippen molar-refractivity contribution >= 4 is 12.0 Å². The molecule has 0 saturated heterocycles. The largest absolute Gasteiger partial charge is 0.488 e. The fourth-order valence-corrected chi connectivity index (χ4v) is 5.45. The maximum atomic E-state index is 14.2. The van der Waals surface area contributed by atoms with Gasteiger partial charge in [0.05, 0.1) is 5.56 Å². The maximum Gasteiger partial charge on any atom is 0.407 e. The van der Waals surface area contributed by atoms with Gasteiger partial charge in [-0.3, -0.25) is 4.79 Å². The fraction of sp³-hybridized carbons (Fsp3) is 0.333. The van der Waals surface area contributed by atoms with E-state index in [0.29, 0.717) is 56.3 Å². The average molecular weight is 621 g/mol. The Morgan fingerprint density at radius 2 is 1.37 bits per heavy atom. The maximum absolute atomic E-state index is 14.2. The van der Waals surface area contributed by atoms with E-state index in [0.717, 1.165) is 33.4 Å². The van der Waals surface area contributed by atoms with E-state index in [1.165, 1.54) is 0 Å². The average Bonchev–Trinajstić information content (AvgIpc) is 3.46. The van der Waals surface area contributed by atoms with Gasteiger partial charge >= 0.3 is 6.09 Å². The van der Waals surface area contributed by atoms with E-state index in [1.54, 1.807) is 0 Å². The summed E-state index contributed by atoms with van der Waals surface area (Å²) in [5.74, 6) is 1.27. The molecule has 1 heterocycles. The van der Waals surface area contributed by atoms with Crippen molar-refractivity contribution in [3.63, 3.8) is 0 Å². The molecule has 0 aliphatic carbocycles. The Labute approximate surface area is 272 Å². The highest BCUT2D eigenvalue weighted by Gasteiger charge is 2.28. The molecular formula is C39H44N2O5. The number of hydrogen-bond donors (Lipinski definition) is 1. The number of fused-ring (bicyclic) bond motifs is 1. The van der Waals surface area contributed by atoms with Crippen molar-refractivity contribution in [1.29, 1.82) is 0 Å². The highest BCUT2D eigenvalue weighted by molar-refractivity contribution is 5.98. The first kappa shape index (κ1) is 32.6. The summed E-state index contributed by atoms with van der Waals surface area (Å²) in [7, 11) is 0. The van der Waals surface area contributed by atoms with E-state index in [4.69, 9.17) is 14.2 Å². The minimum atomic E-state index is -0.536. The molecule has 0 aromatic heterocycles. The van der Waals surface area contributed by atoms with Crippen molar-refractivity contribution in [2.45, 2.75) is 78.9 Å². The summed E-state index contributed by atoms with van der Waals surface area (Å²) < 4.78 is 18.0. The van der Waals surface area contributed by atoms with Gasteiger partial charge in [0.1, 0.15) is 30.3 Å². The summed E-state index contributed by atoms with van der Waals surface area (Å²) >= 11 is 0. The van der Waals surface area contributed by atoms with Crippen LogP contribution >= 0.6 is 0 Å². The van der Waals surface area contributed by atoms with E-state index in [-0.39, 0.29) is 11.8 Å². The molecule has 0 saturated carbocycles. The zero-order valence-electron chi connectivity index (χ0n) is 27.5. The number of rotatable bonds is 11. The van der Waals surface area contributed by atoms with Gasteiger partial charge < -0.3 is 24.4 Å². The van der Waals surface area contributed by atoms with E-state index in [9.17, 15) is 9.59 Å². The van der Waals surface area contributed by atoms with Gasteiger partial charge in [-0.2, -0.15) is 0 Å². The quantitative estimate of drug-likeness (QED) is 0.183. The number of benzene rings is 4. The Morgan fingerprint density at radius 3 is 1.98 bits per heavy atom. The first-order valence-corrected chi connectivity index (χ1v) is 15.9. The first-order valence-electron chi connectivity index (χ1n) is 15.9. The third-order valence-electron chi connectivity index (χ3n) is 7.80. The monoisotopic (exact) mass is 620 g/mol. The van der Waals surface area contributed by atoms with E-state index >= 15 is 0 Å². The van der Waals surface area contributed by atoms with Crippen LogP contribution in [0.4, 0.5) is 4.79 Å². The molecule has 7 heteroatoms. The molecule has 2 amide bonds. The van der Waals surface area contributed by atoms with E-state index < -0.39 is 11.7 Å². The lowest BCUT2D eigenvalue weighted by molar-refractivity contribution is 0.0528. The lowest BCUT2D eigenvalue weighted by Gasteiger charge is -2.22. The van der Waals surface area contributed by atoms with Crippen LogP contribution in [0, 0.1) is 0 Å². The second-order valence-corrected chi connectivity index (χ2v) is 13.0. The normalized spacial score (nSPS) is 12.5. The van der Waals surface area contributed by atoms with Gasteiger partial charge in [0.15, 0.2) is 0 Å². The topological polar surface area (TPSA) is 77.1 Å². The summed E-state index contributed by atoms with van der Waals surface area (Å²) in [6, 6.07) is 30.1. The minimum absolute atomic E-state index is 0.0797. The number of ether oxygens (including phenoxy) is 3. The lowest BCUT2D eigenvalue weighted by Crippen LogP contribution is -2.33. The number of hydrogen-bond acceptors (Lipinski definition) is 5. The van der Waals surface area contributed by atoms with Gasteiger partial charge in [-0.15, -0.1) is 0 Å². The molecule has 1 aliphatic heterocycles. The molecule has 0 fully saturated rings. The van der Waals surface area contributed by atoms with E-state index in [1.807, 2.05) is 98.5 Å². The second kappa shape index (κ2) is 14.5. The molecule has 46 heavy (non-hydrogen) atoms. The molecule has 1 N–H and O–H groups in total. The molecule has 240 valence electrons. The molecular weight excluding hydrogens is 576 g/mol. The molecule has 4 aromatic carbocycles. The van der Waals surface area contributed by atoms with Crippen LogP contribution in [0.5, 0.6) is 11.5 Å². The molecule has 0 bridgehead atoms. The van der Waals surface area contributed by atoms with Crippen LogP contribution in [-0.4, -0.2) is 29.0 Å². The minimum Gasteiger partial charge on any atom is -0.488 e. The summed E-state index contributed by atoms with van der Waals surface area (Å²) in [5.41, 5.74) is 6.37. The van der Waals surface area contributed by atoms with Crippen molar-refractivity contribution < 1.29 is 23.8 Å². The zero-order chi connectivity index (χ0) is 32.7. The number of amides is 2. The zero-order valence-corrected chi connectivity index (χ0v) is 27.5. The van der Waals surface area contributed by atoms with Crippen LogP contribution in [0.15, 0.2) is 91.0 Å². The van der Waals surface area contributed by atoms with Gasteiger partial charge in [0.2, 0.25) is 0 Å². The number of carbonyl (C=O) groups excluding carboxylic acids is 2. The van der Waals surface area contributed by atoms with Crippen molar-refractivity contribution in [1.82, 2.24) is 10.2 Å². The van der Waals surface area contributed by atoms with Crippen LogP contribution in [0.25, 0.3) is 0 Å². The Balaban J connectivity index is 1.34. The molecule has 4 aromatic rings. The molecule has 0 unspecified atom stereocenters. The number of nitrogens with one attached hydrogen (secondary N) is 1. The molecule has 5 rings (SSSR count). The smallest absolute Gasteiger partial charge is 0.407 e. The number of nitrogens with zero attached hydrogens (tertiary/aromatic N) is 1. The Kier molecular flexibility index (Phi) is 10.3. The third kappa shape index (κ3) is 8.68. The van der Waals surface area contributed by atoms with Crippen molar-refractivity contribution in [3.05, 3.63) is 130 Å². The standard InChI is InChI=1S/C39H44N2O5/c1-27(2)33-21-34(36(45-26-30-14-10-7-11-15-30)22-35(33)44-25-29-12-8-6-9-13-29)37(42)41-23-31-17-16-28(20-32(31)24-41)18-19-40-38(43)46-39(3,4)5/h6-17,20-22,27H,18-19,23-26H2,1-5H3,(H,40,43). The van der Waals surface area contributed by atoms with Gasteiger partial charge in [-0.05, 0) is 72.6 Å². The lowest BCUT2D eigenvalue weighted by atomic mass is 9.98. The second-order valence-electron chi connectivity index (χ2n) is 13.0. The van der Waals surface area contributed by atoms with Crippen LogP contribution in [0.3, 0.4) is 0 Å². The van der Waals surface area contributed by atoms with Crippen LogP contribution in [-0.2, 0) is 37.5 Å². The summed E-state index contributed by atoms with van der Waals surface area (Å²) in [4.78, 5) is 28.1. The molecule has 1 aliphatic rings. The molecule has 0 atom stereocenters. The predicted octanol–water partition coefficient (Wildman–Crippen LogP) is 8.19. The van der Waals surface area contributed by atoms with Crippen molar-refractivity contribution in [2.24, 2.45) is 0 Å². The van der Waals surface area contributed by atoms with E-state index in [2.05, 4.69) is 37.4 Å². The molecule has 7 nitrogen and oxygen atoms in total. The summed E-state index contributed by atoms with van der Waals surface area (Å²) in [6.45, 7) is 12.0. The Morgan fingerprint density at radius 1 is 0.761 bits per heavy atom. The fourth-order valence-electron chi connectivity index (χ4n) is 5.45. The van der Waals surface area contributed by atoms with Crippen LogP contribution in [0.2, 0.25) is 0 Å². The number of carbonyl (C=O) groups is 2. The Bertz CT molecular complexity index is 1640. The molecule has 0 spiro atoms. The molecule has 0 radical (unpaired) electrons. The van der Waals surface area contributed by atoms with Crippen molar-refractivity contribution in [2.75, 3.05) is 6.54 Å². The predicted molar refractivity (Wildman–Crippen MR) is 180 cm³/mol. The van der Waals surface area contributed by atoms with Gasteiger partial charge in [-0.25, -0.2) is 4.79 Å². The van der Waals surface area contributed by atoms with Gasteiger partial charge in [0, 0.05) is 25.7 Å². The SMILES string of the molecule is CC(C)c1cc(C(=O)N2Cc3ccc(CCNC(=O)OC(C)(C)C)cc3C2)c(OCc2ccccc2)cc1OCc1ccccc1. The highest BCUT2D eigenvalue weighted by atomic mass is 16.6. The summed E-state index contributed by atoms with van der Waals surface area (Å²) in [6.07, 6.45) is 0.244. The highest BCUT2D eigenvalue weighted by Crippen LogP contribution is 2.37. The Hall–Kier alpha value is -4.78. The van der Waals surface area contributed by atoms with Crippen LogP contribution < -0.4 is 14.8 Å². The van der Waals surface area contributed by atoms with Gasteiger partial charge in [0.25, 0.3) is 5.91 Å². The van der Waals surface area contributed by atoms with Gasteiger partial charge in [-0.1, -0.05) is 92.7 Å². The number of alkyl carbamates (subject to hydrolysis) is 1. The first-order chi connectivity index (χ1) is 22.1.